The van der Waals surface area contributed by atoms with Crippen molar-refractivity contribution in [1.29, 1.82) is 0 Å². The van der Waals surface area contributed by atoms with Crippen LogP contribution in [0.4, 0.5) is 0 Å². The lowest BCUT2D eigenvalue weighted by molar-refractivity contribution is -0.128. The van der Waals surface area contributed by atoms with Crippen molar-refractivity contribution in [2.24, 2.45) is 0 Å². The zero-order valence-corrected chi connectivity index (χ0v) is 14.3. The zero-order chi connectivity index (χ0) is 16.4. The maximum absolute atomic E-state index is 12.3. The molecule has 0 saturated heterocycles. The summed E-state index contributed by atoms with van der Waals surface area (Å²) in [7, 11) is -0.652. The summed E-state index contributed by atoms with van der Waals surface area (Å²) < 4.78 is 25.0. The summed E-state index contributed by atoms with van der Waals surface area (Å²) in [6.45, 7) is 1.58. The number of amides is 1. The molecule has 0 aromatic heterocycles. The summed E-state index contributed by atoms with van der Waals surface area (Å²) in [6, 6.07) is 2.47. The van der Waals surface area contributed by atoms with Gasteiger partial charge in [0.25, 0.3) is 0 Å². The number of rotatable bonds is 5. The third-order valence-electron chi connectivity index (χ3n) is 2.96. The molecule has 1 aromatic carbocycles. The fourth-order valence-electron chi connectivity index (χ4n) is 1.66. The average molecular weight is 378 g/mol. The van der Waals surface area contributed by atoms with Gasteiger partial charge in [-0.05, 0) is 24.6 Å². The summed E-state index contributed by atoms with van der Waals surface area (Å²) in [6.07, 6.45) is -0.149. The SMILES string of the molecule is Cc1c(Br)cc(C(=O)O)cc1S(=O)(=O)CCC(=O)N(C)C. The van der Waals surface area contributed by atoms with E-state index in [1.54, 1.807) is 21.0 Å². The minimum atomic E-state index is -3.74. The number of carbonyl (C=O) groups is 2. The number of nitrogens with zero attached hydrogens (tertiary/aromatic N) is 1. The number of hydrogen-bond acceptors (Lipinski definition) is 4. The molecule has 6 nitrogen and oxygen atoms in total. The Morgan fingerprint density at radius 3 is 2.33 bits per heavy atom. The zero-order valence-electron chi connectivity index (χ0n) is 11.9. The minimum Gasteiger partial charge on any atom is -0.478 e. The third-order valence-corrected chi connectivity index (χ3v) is 5.62. The monoisotopic (exact) mass is 377 g/mol. The maximum atomic E-state index is 12.3. The Kier molecular flexibility index (Phi) is 5.52. The van der Waals surface area contributed by atoms with Crippen LogP contribution in [0, 0.1) is 6.92 Å². The predicted molar refractivity (Wildman–Crippen MR) is 81.2 cm³/mol. The van der Waals surface area contributed by atoms with Gasteiger partial charge in [0.15, 0.2) is 9.84 Å². The minimum absolute atomic E-state index is 0.0687. The molecule has 0 spiro atoms. The van der Waals surface area contributed by atoms with Crippen LogP contribution in [0.1, 0.15) is 22.3 Å². The summed E-state index contributed by atoms with van der Waals surface area (Å²) in [5, 5.41) is 9.00. The number of hydrogen-bond donors (Lipinski definition) is 1. The van der Waals surface area contributed by atoms with Crippen molar-refractivity contribution in [3.8, 4) is 0 Å². The lowest BCUT2D eigenvalue weighted by Crippen LogP contribution is -2.24. The standard InChI is InChI=1S/C13H16BrNO5S/c1-8-10(14)6-9(13(17)18)7-11(8)21(19,20)5-4-12(16)15(2)3/h6-7H,4-5H2,1-3H3,(H,17,18). The molecule has 0 heterocycles. The molecule has 0 fully saturated rings. The third kappa shape index (κ3) is 4.28. The average Bonchev–Trinajstić information content (AvgIpc) is 2.38. The van der Waals surface area contributed by atoms with Crippen molar-refractivity contribution < 1.29 is 23.1 Å². The van der Waals surface area contributed by atoms with Gasteiger partial charge in [-0.3, -0.25) is 4.79 Å². The van der Waals surface area contributed by atoms with E-state index < -0.39 is 15.8 Å². The highest BCUT2D eigenvalue weighted by Gasteiger charge is 2.22. The number of benzene rings is 1. The molecule has 1 amide bonds. The van der Waals surface area contributed by atoms with Gasteiger partial charge in [-0.2, -0.15) is 0 Å². The van der Waals surface area contributed by atoms with Gasteiger partial charge in [-0.1, -0.05) is 15.9 Å². The molecule has 0 radical (unpaired) electrons. The molecular weight excluding hydrogens is 362 g/mol. The molecule has 8 heteroatoms. The van der Waals surface area contributed by atoms with Gasteiger partial charge in [0.1, 0.15) is 0 Å². The van der Waals surface area contributed by atoms with E-state index in [0.29, 0.717) is 10.0 Å². The number of aromatic carboxylic acids is 1. The molecule has 0 unspecified atom stereocenters. The van der Waals surface area contributed by atoms with E-state index in [-0.39, 0.29) is 28.5 Å². The first-order valence-corrected chi connectivity index (χ1v) is 8.47. The molecule has 0 aliphatic carbocycles. The van der Waals surface area contributed by atoms with Gasteiger partial charge < -0.3 is 10.0 Å². The van der Waals surface area contributed by atoms with Crippen LogP contribution in [0.2, 0.25) is 0 Å². The Balaban J connectivity index is 3.19. The fraction of sp³-hybridized carbons (Fsp3) is 0.385. The number of halogens is 1. The number of carboxylic acid groups (broad SMARTS) is 1. The van der Waals surface area contributed by atoms with Crippen molar-refractivity contribution in [3.63, 3.8) is 0 Å². The Labute approximate surface area is 131 Å². The lowest BCUT2D eigenvalue weighted by Gasteiger charge is -2.12. The van der Waals surface area contributed by atoms with E-state index in [2.05, 4.69) is 15.9 Å². The van der Waals surface area contributed by atoms with E-state index >= 15 is 0 Å². The van der Waals surface area contributed by atoms with Crippen LogP contribution in [0.15, 0.2) is 21.5 Å². The van der Waals surface area contributed by atoms with Crippen LogP contribution in [0.25, 0.3) is 0 Å². The van der Waals surface area contributed by atoms with Gasteiger partial charge in [0.2, 0.25) is 5.91 Å². The van der Waals surface area contributed by atoms with Crippen LogP contribution in [0.3, 0.4) is 0 Å². The van der Waals surface area contributed by atoms with Crippen molar-refractivity contribution in [2.45, 2.75) is 18.2 Å². The van der Waals surface area contributed by atoms with E-state index in [0.717, 1.165) is 6.07 Å². The Bertz CT molecular complexity index is 682. The molecule has 1 rings (SSSR count). The highest BCUT2D eigenvalue weighted by molar-refractivity contribution is 9.10. The summed E-state index contributed by atoms with van der Waals surface area (Å²) in [4.78, 5) is 23.8. The Hall–Kier alpha value is -1.41. The van der Waals surface area contributed by atoms with Crippen molar-refractivity contribution >= 4 is 37.6 Å². The largest absolute Gasteiger partial charge is 0.478 e. The molecule has 0 aliphatic heterocycles. The Morgan fingerprint density at radius 1 is 1.29 bits per heavy atom. The molecule has 1 N–H and O–H groups in total. The quantitative estimate of drug-likeness (QED) is 0.842. The molecule has 0 saturated carbocycles. The molecular formula is C13H16BrNO5S. The van der Waals surface area contributed by atoms with Gasteiger partial charge >= 0.3 is 5.97 Å². The summed E-state index contributed by atoms with van der Waals surface area (Å²) in [5.74, 6) is -1.87. The number of carbonyl (C=O) groups excluding carboxylic acids is 1. The smallest absolute Gasteiger partial charge is 0.335 e. The van der Waals surface area contributed by atoms with Crippen molar-refractivity contribution in [3.05, 3.63) is 27.7 Å². The fourth-order valence-corrected chi connectivity index (χ4v) is 3.79. The number of sulfone groups is 1. The highest BCUT2D eigenvalue weighted by Crippen LogP contribution is 2.27. The lowest BCUT2D eigenvalue weighted by atomic mass is 10.1. The van der Waals surface area contributed by atoms with Crippen LogP contribution in [-0.4, -0.2) is 50.1 Å². The van der Waals surface area contributed by atoms with Crippen LogP contribution >= 0.6 is 15.9 Å². The first kappa shape index (κ1) is 17.6. The second kappa shape index (κ2) is 6.57. The Morgan fingerprint density at radius 2 is 1.86 bits per heavy atom. The van der Waals surface area contributed by atoms with Crippen LogP contribution in [0.5, 0.6) is 0 Å². The van der Waals surface area contributed by atoms with E-state index in [1.807, 2.05) is 0 Å². The van der Waals surface area contributed by atoms with Gasteiger partial charge in [-0.25, -0.2) is 13.2 Å². The van der Waals surface area contributed by atoms with E-state index in [1.165, 1.54) is 11.0 Å². The van der Waals surface area contributed by atoms with Crippen LogP contribution < -0.4 is 0 Å². The number of carboxylic acids is 1. The molecule has 21 heavy (non-hydrogen) atoms. The maximum Gasteiger partial charge on any atom is 0.335 e. The van der Waals surface area contributed by atoms with E-state index in [9.17, 15) is 18.0 Å². The summed E-state index contributed by atoms with van der Waals surface area (Å²) >= 11 is 3.16. The first-order chi connectivity index (χ1) is 9.56. The molecule has 1 aromatic rings. The normalized spacial score (nSPS) is 11.2. The van der Waals surface area contributed by atoms with Gasteiger partial charge in [0.05, 0.1) is 16.2 Å². The van der Waals surface area contributed by atoms with E-state index in [4.69, 9.17) is 5.11 Å². The predicted octanol–water partition coefficient (Wildman–Crippen LogP) is 1.71. The molecule has 116 valence electrons. The first-order valence-electron chi connectivity index (χ1n) is 6.02. The highest BCUT2D eigenvalue weighted by atomic mass is 79.9. The van der Waals surface area contributed by atoms with Gasteiger partial charge in [-0.15, -0.1) is 0 Å². The molecule has 0 atom stereocenters. The molecule has 0 aliphatic rings. The van der Waals surface area contributed by atoms with Crippen molar-refractivity contribution in [1.82, 2.24) is 4.90 Å². The topological polar surface area (TPSA) is 91.7 Å². The second-order valence-electron chi connectivity index (χ2n) is 4.74. The second-order valence-corrected chi connectivity index (χ2v) is 7.68. The van der Waals surface area contributed by atoms with Crippen LogP contribution in [-0.2, 0) is 14.6 Å². The summed E-state index contributed by atoms with van der Waals surface area (Å²) in [5.41, 5.74) is 0.308. The van der Waals surface area contributed by atoms with Gasteiger partial charge in [0, 0.05) is 25.0 Å². The van der Waals surface area contributed by atoms with Crippen molar-refractivity contribution in [2.75, 3.05) is 19.8 Å². The molecule has 0 bridgehead atoms.